The fraction of sp³-hybridized carbons (Fsp3) is 0.240. The van der Waals surface area contributed by atoms with Crippen molar-refractivity contribution in [3.05, 3.63) is 82.3 Å². The summed E-state index contributed by atoms with van der Waals surface area (Å²) in [5, 5.41) is 4.17. The number of rotatable bonds is 3. The molecule has 0 unspecified atom stereocenters. The van der Waals surface area contributed by atoms with Gasteiger partial charge in [0.2, 0.25) is 11.9 Å². The number of anilines is 2. The van der Waals surface area contributed by atoms with Crippen LogP contribution in [0.5, 0.6) is 0 Å². The highest BCUT2D eigenvalue weighted by Gasteiger charge is 2.28. The molecule has 4 aromatic rings. The average molecular weight is 409 g/mol. The number of benzene rings is 2. The molecule has 6 heteroatoms. The number of aromatic nitrogens is 4. The van der Waals surface area contributed by atoms with Crippen LogP contribution in [0.4, 0.5) is 11.9 Å². The van der Waals surface area contributed by atoms with Gasteiger partial charge in [-0.2, -0.15) is 0 Å². The monoisotopic (exact) mass is 409 g/mol. The number of carbonyl (C=O) groups excluding carboxylic acids is 1. The summed E-state index contributed by atoms with van der Waals surface area (Å²) in [6, 6.07) is 14.3. The van der Waals surface area contributed by atoms with Crippen molar-refractivity contribution in [3.8, 4) is 0 Å². The first-order valence-electron chi connectivity index (χ1n) is 10.4. The number of hydrogen-bond acceptors (Lipinski definition) is 6. The van der Waals surface area contributed by atoms with Gasteiger partial charge in [-0.15, -0.1) is 0 Å². The molecular weight excluding hydrogens is 386 g/mol. The van der Waals surface area contributed by atoms with Crippen LogP contribution < -0.4 is 5.32 Å². The quantitative estimate of drug-likeness (QED) is 0.513. The number of ketones is 1. The van der Waals surface area contributed by atoms with Crippen LogP contribution in [0, 0.1) is 20.8 Å². The third kappa shape index (κ3) is 3.65. The zero-order chi connectivity index (χ0) is 21.5. The first kappa shape index (κ1) is 19.3. The number of hydrogen-bond donors (Lipinski definition) is 1. The Morgan fingerprint density at radius 3 is 2.48 bits per heavy atom. The molecule has 0 bridgehead atoms. The van der Waals surface area contributed by atoms with Crippen molar-refractivity contribution in [1.29, 1.82) is 0 Å². The van der Waals surface area contributed by atoms with Crippen LogP contribution in [0.2, 0.25) is 0 Å². The lowest BCUT2D eigenvalue weighted by atomic mass is 9.82. The Morgan fingerprint density at radius 2 is 1.68 bits per heavy atom. The van der Waals surface area contributed by atoms with E-state index in [1.54, 1.807) is 6.20 Å². The van der Waals surface area contributed by atoms with Crippen LogP contribution in [0.15, 0.2) is 48.7 Å². The predicted octanol–water partition coefficient (Wildman–Crippen LogP) is 5.00. The zero-order valence-electron chi connectivity index (χ0n) is 17.8. The molecule has 0 fully saturated rings. The van der Waals surface area contributed by atoms with Crippen LogP contribution in [0.25, 0.3) is 10.9 Å². The van der Waals surface area contributed by atoms with Crippen LogP contribution in [-0.2, 0) is 6.42 Å². The Hall–Kier alpha value is -3.67. The third-order valence-electron chi connectivity index (χ3n) is 6.04. The number of nitrogens with zero attached hydrogens (tertiary/aromatic N) is 4. The van der Waals surface area contributed by atoms with Crippen LogP contribution in [0.3, 0.4) is 0 Å². The van der Waals surface area contributed by atoms with E-state index >= 15 is 0 Å². The largest absolute Gasteiger partial charge is 0.294 e. The second kappa shape index (κ2) is 7.54. The molecular formula is C25H23N5O. The molecule has 0 spiro atoms. The summed E-state index contributed by atoms with van der Waals surface area (Å²) < 4.78 is 0. The number of carbonyl (C=O) groups is 1. The van der Waals surface area contributed by atoms with Gasteiger partial charge in [0, 0.05) is 18.0 Å². The Morgan fingerprint density at radius 1 is 0.903 bits per heavy atom. The number of Topliss-reactive ketones (excluding diaryl/α,β-unsaturated/α-hetero) is 1. The molecule has 2 aromatic heterocycles. The van der Waals surface area contributed by atoms with Gasteiger partial charge >= 0.3 is 0 Å². The molecule has 0 saturated carbocycles. The summed E-state index contributed by atoms with van der Waals surface area (Å²) in [5.74, 6) is 1.08. The van der Waals surface area contributed by atoms with E-state index in [1.807, 2.05) is 25.1 Å². The highest BCUT2D eigenvalue weighted by molar-refractivity contribution is 5.98. The van der Waals surface area contributed by atoms with E-state index in [2.05, 4.69) is 63.4 Å². The fourth-order valence-corrected chi connectivity index (χ4v) is 4.16. The van der Waals surface area contributed by atoms with Gasteiger partial charge in [0.15, 0.2) is 5.78 Å². The van der Waals surface area contributed by atoms with Crippen molar-refractivity contribution < 1.29 is 4.79 Å². The van der Waals surface area contributed by atoms with Crippen molar-refractivity contribution in [2.45, 2.75) is 39.5 Å². The van der Waals surface area contributed by atoms with E-state index in [9.17, 15) is 4.79 Å². The highest BCUT2D eigenvalue weighted by Crippen LogP contribution is 2.32. The maximum Gasteiger partial charge on any atom is 0.230 e. The molecule has 2 aromatic carbocycles. The number of aryl methyl sites for hydroxylation is 3. The van der Waals surface area contributed by atoms with E-state index < -0.39 is 0 Å². The van der Waals surface area contributed by atoms with Crippen molar-refractivity contribution >= 4 is 28.6 Å². The van der Waals surface area contributed by atoms with Crippen molar-refractivity contribution in [2.24, 2.45) is 0 Å². The van der Waals surface area contributed by atoms with Crippen molar-refractivity contribution in [1.82, 2.24) is 19.9 Å². The number of nitrogens with one attached hydrogen (secondary N) is 1. The summed E-state index contributed by atoms with van der Waals surface area (Å²) in [5.41, 5.74) is 6.73. The Kier molecular flexibility index (Phi) is 4.70. The Bertz CT molecular complexity index is 1320. The maximum atomic E-state index is 12.7. The smallest absolute Gasteiger partial charge is 0.230 e. The Balaban J connectivity index is 1.46. The second-order valence-corrected chi connectivity index (χ2v) is 8.20. The third-order valence-corrected chi connectivity index (χ3v) is 6.04. The zero-order valence-corrected chi connectivity index (χ0v) is 17.8. The molecule has 1 atom stereocenters. The summed E-state index contributed by atoms with van der Waals surface area (Å²) in [4.78, 5) is 30.9. The molecule has 0 amide bonds. The lowest BCUT2D eigenvalue weighted by molar-refractivity contribution is 0.0962. The van der Waals surface area contributed by atoms with Gasteiger partial charge in [0.1, 0.15) is 0 Å². The van der Waals surface area contributed by atoms with E-state index in [0.29, 0.717) is 30.3 Å². The minimum Gasteiger partial charge on any atom is -0.294 e. The summed E-state index contributed by atoms with van der Waals surface area (Å²) in [6.07, 6.45) is 2.81. The van der Waals surface area contributed by atoms with Gasteiger partial charge in [-0.1, -0.05) is 30.3 Å². The van der Waals surface area contributed by atoms with E-state index in [-0.39, 0.29) is 11.7 Å². The molecule has 1 N–H and O–H groups in total. The standard InChI is InChI=1S/C25H23N5O/c1-14-9-19-16(3)27-25(29-21(19)10-15(14)2)30-24-26-13-20-22(28-24)11-18(12-23(20)31)17-7-5-4-6-8-17/h4-10,13,18H,11-12H2,1-3H3,(H,26,27,28,29,30)/t18-/m1/s1. The van der Waals surface area contributed by atoms with Gasteiger partial charge < -0.3 is 0 Å². The SMILES string of the molecule is Cc1cc2nc(Nc3ncc4c(n3)C[C@@H](c3ccccc3)CC4=O)nc(C)c2cc1C. The Labute approximate surface area is 180 Å². The van der Waals surface area contributed by atoms with Gasteiger partial charge in [-0.25, -0.2) is 19.9 Å². The maximum absolute atomic E-state index is 12.7. The molecule has 0 saturated heterocycles. The first-order chi connectivity index (χ1) is 15.0. The minimum atomic E-state index is 0.0882. The van der Waals surface area contributed by atoms with Crippen LogP contribution >= 0.6 is 0 Å². The van der Waals surface area contributed by atoms with Crippen molar-refractivity contribution in [2.75, 3.05) is 5.32 Å². The topological polar surface area (TPSA) is 80.7 Å². The predicted molar refractivity (Wildman–Crippen MR) is 121 cm³/mol. The first-order valence-corrected chi connectivity index (χ1v) is 10.4. The van der Waals surface area contributed by atoms with Gasteiger partial charge in [0.25, 0.3) is 0 Å². The molecule has 0 aliphatic heterocycles. The lowest BCUT2D eigenvalue weighted by Crippen LogP contribution is -2.21. The van der Waals surface area contributed by atoms with Crippen molar-refractivity contribution in [3.63, 3.8) is 0 Å². The van der Waals surface area contributed by atoms with Gasteiger partial charge in [-0.05, 0) is 61.9 Å². The van der Waals surface area contributed by atoms with Gasteiger partial charge in [-0.3, -0.25) is 10.1 Å². The van der Waals surface area contributed by atoms with E-state index in [4.69, 9.17) is 0 Å². The summed E-state index contributed by atoms with van der Waals surface area (Å²) in [6.45, 7) is 6.14. The minimum absolute atomic E-state index is 0.0882. The molecule has 1 aliphatic carbocycles. The van der Waals surface area contributed by atoms with E-state index in [0.717, 1.165) is 27.9 Å². The molecule has 31 heavy (non-hydrogen) atoms. The average Bonchev–Trinajstić information content (AvgIpc) is 2.75. The van der Waals surface area contributed by atoms with Crippen LogP contribution in [-0.4, -0.2) is 25.7 Å². The normalized spacial score (nSPS) is 15.7. The highest BCUT2D eigenvalue weighted by atomic mass is 16.1. The fourth-order valence-electron chi connectivity index (χ4n) is 4.16. The van der Waals surface area contributed by atoms with Gasteiger partial charge in [0.05, 0.1) is 22.5 Å². The summed E-state index contributed by atoms with van der Waals surface area (Å²) >= 11 is 0. The van der Waals surface area contributed by atoms with Crippen LogP contribution in [0.1, 0.15) is 50.8 Å². The second-order valence-electron chi connectivity index (χ2n) is 8.20. The molecule has 1 aliphatic rings. The molecule has 0 radical (unpaired) electrons. The molecule has 2 heterocycles. The van der Waals surface area contributed by atoms with E-state index in [1.165, 1.54) is 11.1 Å². The molecule has 154 valence electrons. The summed E-state index contributed by atoms with van der Waals surface area (Å²) in [7, 11) is 0. The molecule has 5 rings (SSSR count). The lowest BCUT2D eigenvalue weighted by Gasteiger charge is -2.23. The molecule has 6 nitrogen and oxygen atoms in total. The number of fused-ring (bicyclic) bond motifs is 2.